The molecule has 0 aromatic heterocycles. The van der Waals surface area contributed by atoms with Crippen LogP contribution in [0.15, 0.2) is 18.2 Å². The number of alkyl halides is 3. The van der Waals surface area contributed by atoms with Crippen molar-refractivity contribution >= 4 is 0 Å². The number of aliphatic hydroxyl groups is 1. The van der Waals surface area contributed by atoms with Gasteiger partial charge in [0.2, 0.25) is 0 Å². The molecule has 1 atom stereocenters. The van der Waals surface area contributed by atoms with Crippen molar-refractivity contribution in [1.29, 1.82) is 0 Å². The van der Waals surface area contributed by atoms with E-state index in [4.69, 9.17) is 10.8 Å². The second kappa shape index (κ2) is 4.16. The van der Waals surface area contributed by atoms with Crippen LogP contribution in [0.4, 0.5) is 17.6 Å². The third-order valence-corrected chi connectivity index (χ3v) is 1.92. The maximum atomic E-state index is 13.3. The van der Waals surface area contributed by atoms with Crippen molar-refractivity contribution in [3.8, 4) is 0 Å². The molecule has 0 saturated heterocycles. The van der Waals surface area contributed by atoms with Crippen LogP contribution in [0, 0.1) is 5.82 Å². The third kappa shape index (κ3) is 2.45. The average molecular weight is 223 g/mol. The molecule has 84 valence electrons. The number of rotatable bonds is 2. The Morgan fingerprint density at radius 2 is 1.93 bits per heavy atom. The Morgan fingerprint density at radius 1 is 1.33 bits per heavy atom. The number of hydrogen-bond acceptors (Lipinski definition) is 2. The molecule has 0 spiro atoms. The van der Waals surface area contributed by atoms with E-state index in [-0.39, 0.29) is 6.54 Å². The van der Waals surface area contributed by atoms with E-state index in [2.05, 4.69) is 0 Å². The van der Waals surface area contributed by atoms with Crippen molar-refractivity contribution in [3.05, 3.63) is 35.1 Å². The molecule has 3 N–H and O–H groups in total. The molecule has 0 unspecified atom stereocenters. The summed E-state index contributed by atoms with van der Waals surface area (Å²) in [6, 6.07) is 2.71. The van der Waals surface area contributed by atoms with E-state index in [0.717, 1.165) is 12.1 Å². The van der Waals surface area contributed by atoms with Crippen LogP contribution in [0.2, 0.25) is 0 Å². The van der Waals surface area contributed by atoms with E-state index in [9.17, 15) is 17.6 Å². The van der Waals surface area contributed by atoms with Crippen molar-refractivity contribution in [2.24, 2.45) is 5.73 Å². The molecular formula is C9H9F4NO. The zero-order valence-electron chi connectivity index (χ0n) is 7.55. The molecule has 2 nitrogen and oxygen atoms in total. The van der Waals surface area contributed by atoms with Gasteiger partial charge in [0.1, 0.15) is 5.82 Å². The minimum absolute atomic E-state index is 0.335. The molecule has 0 aliphatic rings. The zero-order valence-corrected chi connectivity index (χ0v) is 7.55. The summed E-state index contributed by atoms with van der Waals surface area (Å²) in [7, 11) is 0. The van der Waals surface area contributed by atoms with E-state index in [1.807, 2.05) is 0 Å². The molecule has 0 aliphatic heterocycles. The lowest BCUT2D eigenvalue weighted by atomic mass is 10.0. The first kappa shape index (κ1) is 11.9. The Labute approximate surface area is 83.3 Å². The number of aliphatic hydroxyl groups excluding tert-OH is 1. The largest absolute Gasteiger partial charge is 0.419 e. The highest BCUT2D eigenvalue weighted by molar-refractivity contribution is 5.29. The second-order valence-corrected chi connectivity index (χ2v) is 2.96. The summed E-state index contributed by atoms with van der Waals surface area (Å²) < 4.78 is 50.0. The Balaban J connectivity index is 3.23. The maximum absolute atomic E-state index is 13.3. The van der Waals surface area contributed by atoms with Crippen LogP contribution in [0.5, 0.6) is 0 Å². The number of hydrogen-bond donors (Lipinski definition) is 2. The lowest BCUT2D eigenvalue weighted by Crippen LogP contribution is -2.16. The summed E-state index contributed by atoms with van der Waals surface area (Å²) in [6.07, 6.45) is -6.19. The van der Waals surface area contributed by atoms with Gasteiger partial charge in [0.25, 0.3) is 0 Å². The first-order valence-corrected chi connectivity index (χ1v) is 4.11. The van der Waals surface area contributed by atoms with E-state index >= 15 is 0 Å². The molecule has 0 amide bonds. The van der Waals surface area contributed by atoms with Crippen LogP contribution >= 0.6 is 0 Å². The molecule has 1 rings (SSSR count). The summed E-state index contributed by atoms with van der Waals surface area (Å²) in [5, 5.41) is 9.17. The monoisotopic (exact) mass is 223 g/mol. The molecule has 0 radical (unpaired) electrons. The highest BCUT2D eigenvalue weighted by atomic mass is 19.4. The van der Waals surface area contributed by atoms with Crippen molar-refractivity contribution in [2.75, 3.05) is 6.54 Å². The Kier molecular flexibility index (Phi) is 3.31. The predicted octanol–water partition coefficient (Wildman–Crippen LogP) is 1.84. The minimum atomic E-state index is -4.77. The van der Waals surface area contributed by atoms with Gasteiger partial charge >= 0.3 is 6.18 Å². The standard InChI is InChI=1S/C9H9F4NO/c10-8-5(7(15)4-14)2-1-3-6(8)9(11,12)13/h1-3,7,15H,4,14H2/t7-/m0/s1. The van der Waals surface area contributed by atoms with Crippen LogP contribution < -0.4 is 5.73 Å². The van der Waals surface area contributed by atoms with Crippen LogP contribution in [0.1, 0.15) is 17.2 Å². The van der Waals surface area contributed by atoms with Gasteiger partial charge in [-0.3, -0.25) is 0 Å². The van der Waals surface area contributed by atoms with Crippen LogP contribution in [0.25, 0.3) is 0 Å². The molecule has 0 fully saturated rings. The molecule has 6 heteroatoms. The molecule has 0 aliphatic carbocycles. The molecule has 0 heterocycles. The zero-order chi connectivity index (χ0) is 11.6. The summed E-state index contributed by atoms with van der Waals surface area (Å²) in [5.41, 5.74) is 3.20. The lowest BCUT2D eigenvalue weighted by Gasteiger charge is -2.13. The van der Waals surface area contributed by atoms with Gasteiger partial charge in [-0.2, -0.15) is 13.2 Å². The number of benzene rings is 1. The second-order valence-electron chi connectivity index (χ2n) is 2.96. The topological polar surface area (TPSA) is 46.2 Å². The molecular weight excluding hydrogens is 214 g/mol. The van der Waals surface area contributed by atoms with Crippen LogP contribution in [-0.2, 0) is 6.18 Å². The van der Waals surface area contributed by atoms with Gasteiger partial charge in [-0.1, -0.05) is 12.1 Å². The lowest BCUT2D eigenvalue weighted by molar-refractivity contribution is -0.140. The third-order valence-electron chi connectivity index (χ3n) is 1.92. The van der Waals surface area contributed by atoms with Crippen molar-refractivity contribution in [3.63, 3.8) is 0 Å². The van der Waals surface area contributed by atoms with Crippen molar-refractivity contribution in [2.45, 2.75) is 12.3 Å². The fourth-order valence-corrected chi connectivity index (χ4v) is 1.15. The quantitative estimate of drug-likeness (QED) is 0.751. The van der Waals surface area contributed by atoms with Crippen molar-refractivity contribution < 1.29 is 22.7 Å². The average Bonchev–Trinajstić information content (AvgIpc) is 2.15. The Bertz CT molecular complexity index is 350. The van der Waals surface area contributed by atoms with E-state index in [1.54, 1.807) is 0 Å². The first-order chi connectivity index (χ1) is 6.88. The molecule has 1 aromatic carbocycles. The maximum Gasteiger partial charge on any atom is 0.419 e. The van der Waals surface area contributed by atoms with Gasteiger partial charge in [-0.15, -0.1) is 0 Å². The van der Waals surface area contributed by atoms with Gasteiger partial charge in [0, 0.05) is 12.1 Å². The van der Waals surface area contributed by atoms with E-state index < -0.39 is 29.2 Å². The summed E-state index contributed by atoms with van der Waals surface area (Å²) in [5.74, 6) is -1.47. The molecule has 1 aromatic rings. The summed E-state index contributed by atoms with van der Waals surface area (Å²) in [4.78, 5) is 0. The normalized spacial score (nSPS) is 14.0. The van der Waals surface area contributed by atoms with E-state index in [1.165, 1.54) is 0 Å². The minimum Gasteiger partial charge on any atom is -0.387 e. The van der Waals surface area contributed by atoms with Gasteiger partial charge in [-0.05, 0) is 6.07 Å². The molecule has 0 bridgehead atoms. The first-order valence-electron chi connectivity index (χ1n) is 4.11. The highest BCUT2D eigenvalue weighted by Crippen LogP contribution is 2.33. The SMILES string of the molecule is NC[C@H](O)c1cccc(C(F)(F)F)c1F. The Hall–Kier alpha value is -1.14. The molecule has 15 heavy (non-hydrogen) atoms. The predicted molar refractivity (Wildman–Crippen MR) is 45.4 cm³/mol. The molecule has 0 saturated carbocycles. The highest BCUT2D eigenvalue weighted by Gasteiger charge is 2.35. The van der Waals surface area contributed by atoms with Crippen LogP contribution in [0.3, 0.4) is 0 Å². The van der Waals surface area contributed by atoms with Crippen molar-refractivity contribution in [1.82, 2.24) is 0 Å². The van der Waals surface area contributed by atoms with Crippen LogP contribution in [-0.4, -0.2) is 11.7 Å². The summed E-state index contributed by atoms with van der Waals surface area (Å²) in [6.45, 7) is -0.335. The smallest absolute Gasteiger partial charge is 0.387 e. The Morgan fingerprint density at radius 3 is 2.40 bits per heavy atom. The van der Waals surface area contributed by atoms with Gasteiger partial charge in [-0.25, -0.2) is 4.39 Å². The number of nitrogens with two attached hydrogens (primary N) is 1. The van der Waals surface area contributed by atoms with Gasteiger partial charge in [0.15, 0.2) is 0 Å². The fourth-order valence-electron chi connectivity index (χ4n) is 1.15. The van der Waals surface area contributed by atoms with E-state index in [0.29, 0.717) is 6.07 Å². The fraction of sp³-hybridized carbons (Fsp3) is 0.333. The summed E-state index contributed by atoms with van der Waals surface area (Å²) >= 11 is 0. The van der Waals surface area contributed by atoms with Gasteiger partial charge < -0.3 is 10.8 Å². The van der Waals surface area contributed by atoms with Gasteiger partial charge in [0.05, 0.1) is 11.7 Å². The number of halogens is 4.